The van der Waals surface area contributed by atoms with E-state index in [0.29, 0.717) is 40.7 Å². The Morgan fingerprint density at radius 1 is 1.18 bits per heavy atom. The Bertz CT molecular complexity index is 1600. The Balaban J connectivity index is 1.46. The highest BCUT2D eigenvalue weighted by Gasteiger charge is 2.37. The van der Waals surface area contributed by atoms with Gasteiger partial charge in [0.1, 0.15) is 11.4 Å². The van der Waals surface area contributed by atoms with Crippen molar-refractivity contribution in [3.63, 3.8) is 0 Å². The van der Waals surface area contributed by atoms with Gasteiger partial charge < -0.3 is 19.3 Å². The molecule has 1 aromatic carbocycles. The molecule has 38 heavy (non-hydrogen) atoms. The monoisotopic (exact) mass is 518 g/mol. The molecule has 1 N–H and O–H groups in total. The third-order valence-electron chi connectivity index (χ3n) is 7.21. The number of likely N-dealkylation sites (tertiary alicyclic amines) is 1. The molecule has 0 spiro atoms. The molecule has 1 aliphatic heterocycles. The second kappa shape index (κ2) is 9.11. The normalized spacial score (nSPS) is 20.3. The first kappa shape index (κ1) is 25.7. The molecule has 1 amide bonds. The van der Waals surface area contributed by atoms with E-state index in [4.69, 9.17) is 4.74 Å². The molecule has 10 heteroatoms. The van der Waals surface area contributed by atoms with Crippen molar-refractivity contribution in [3.05, 3.63) is 46.6 Å². The number of pyridine rings is 1. The summed E-state index contributed by atoms with van der Waals surface area (Å²) in [5.74, 6) is 0.414. The number of nitrogens with zero attached hydrogens (tertiary/aromatic N) is 6. The fraction of sp³-hybridized carbons (Fsp3) is 0.464. The van der Waals surface area contributed by atoms with Crippen LogP contribution in [0.4, 0.5) is 4.79 Å². The van der Waals surface area contributed by atoms with Gasteiger partial charge in [-0.3, -0.25) is 9.48 Å². The van der Waals surface area contributed by atoms with Gasteiger partial charge in [0.05, 0.1) is 22.0 Å². The van der Waals surface area contributed by atoms with Crippen LogP contribution < -0.4 is 5.56 Å². The zero-order valence-electron chi connectivity index (χ0n) is 22.9. The van der Waals surface area contributed by atoms with Gasteiger partial charge in [0.15, 0.2) is 5.82 Å². The first-order chi connectivity index (χ1) is 17.8. The number of rotatable bonds is 2. The van der Waals surface area contributed by atoms with Gasteiger partial charge in [0, 0.05) is 54.7 Å². The van der Waals surface area contributed by atoms with Crippen LogP contribution in [0, 0.1) is 6.92 Å². The van der Waals surface area contributed by atoms with Crippen LogP contribution >= 0.6 is 0 Å². The van der Waals surface area contributed by atoms with Crippen LogP contribution in [0.1, 0.15) is 59.1 Å². The summed E-state index contributed by atoms with van der Waals surface area (Å²) in [4.78, 5) is 37.1. The molecule has 4 aromatic rings. The van der Waals surface area contributed by atoms with Gasteiger partial charge in [-0.1, -0.05) is 0 Å². The SMILES string of the molecule is Cc1c(O)c(-c2ncc3c(=O)n(C4C[C@@H](C)N(C(=O)OC(C)(C)C)[C@@H](C)C4)ccc3n2)cc2cn(C)nc12. The van der Waals surface area contributed by atoms with Gasteiger partial charge in [-0.25, -0.2) is 14.8 Å². The molecule has 1 unspecified atom stereocenters. The number of aromatic nitrogens is 5. The molecular weight excluding hydrogens is 484 g/mol. The zero-order chi connectivity index (χ0) is 27.5. The summed E-state index contributed by atoms with van der Waals surface area (Å²) in [6.45, 7) is 11.4. The summed E-state index contributed by atoms with van der Waals surface area (Å²) in [6.07, 6.45) is 6.11. The molecule has 0 saturated carbocycles. The van der Waals surface area contributed by atoms with E-state index in [2.05, 4.69) is 15.1 Å². The maximum absolute atomic E-state index is 13.5. The van der Waals surface area contributed by atoms with Crippen LogP contribution in [0.2, 0.25) is 0 Å². The smallest absolute Gasteiger partial charge is 0.410 e. The van der Waals surface area contributed by atoms with Gasteiger partial charge in [0.25, 0.3) is 5.56 Å². The Kier molecular flexibility index (Phi) is 6.16. The van der Waals surface area contributed by atoms with E-state index in [9.17, 15) is 14.7 Å². The number of carbonyl (C=O) groups excluding carboxylic acids is 1. The minimum Gasteiger partial charge on any atom is -0.507 e. The van der Waals surface area contributed by atoms with E-state index in [1.165, 1.54) is 6.20 Å². The lowest BCUT2D eigenvalue weighted by atomic mass is 9.92. The van der Waals surface area contributed by atoms with Crippen LogP contribution in [0.15, 0.2) is 35.5 Å². The van der Waals surface area contributed by atoms with Crippen molar-refractivity contribution in [3.8, 4) is 17.1 Å². The predicted octanol–water partition coefficient (Wildman–Crippen LogP) is 4.71. The van der Waals surface area contributed by atoms with E-state index in [-0.39, 0.29) is 35.5 Å². The number of benzene rings is 1. The van der Waals surface area contributed by atoms with E-state index >= 15 is 0 Å². The summed E-state index contributed by atoms with van der Waals surface area (Å²) >= 11 is 0. The van der Waals surface area contributed by atoms with E-state index in [1.54, 1.807) is 20.3 Å². The predicted molar refractivity (Wildman–Crippen MR) is 145 cm³/mol. The summed E-state index contributed by atoms with van der Waals surface area (Å²) in [5.41, 5.74) is 1.63. The number of aromatic hydroxyl groups is 1. The van der Waals surface area contributed by atoms with Crippen LogP contribution in [-0.4, -0.2) is 58.1 Å². The summed E-state index contributed by atoms with van der Waals surface area (Å²) in [6, 6.07) is 3.37. The third-order valence-corrected chi connectivity index (χ3v) is 7.21. The number of hydrogen-bond acceptors (Lipinski definition) is 7. The Morgan fingerprint density at radius 3 is 2.53 bits per heavy atom. The highest BCUT2D eigenvalue weighted by molar-refractivity contribution is 5.90. The molecule has 5 rings (SSSR count). The Labute approximate surface area is 220 Å². The van der Waals surface area contributed by atoms with Crippen molar-refractivity contribution >= 4 is 27.9 Å². The fourth-order valence-electron chi connectivity index (χ4n) is 5.52. The van der Waals surface area contributed by atoms with Crippen LogP contribution in [-0.2, 0) is 11.8 Å². The topological polar surface area (TPSA) is 115 Å². The van der Waals surface area contributed by atoms with Gasteiger partial charge in [0.2, 0.25) is 0 Å². The van der Waals surface area contributed by atoms with E-state index in [0.717, 1.165) is 10.9 Å². The van der Waals surface area contributed by atoms with E-state index < -0.39 is 5.60 Å². The number of hydrogen-bond donors (Lipinski definition) is 1. The summed E-state index contributed by atoms with van der Waals surface area (Å²) in [5, 5.41) is 16.5. The first-order valence-corrected chi connectivity index (χ1v) is 12.9. The van der Waals surface area contributed by atoms with Gasteiger partial charge >= 0.3 is 6.09 Å². The number of amides is 1. The summed E-state index contributed by atoms with van der Waals surface area (Å²) < 4.78 is 9.04. The van der Waals surface area contributed by atoms with Gasteiger partial charge in [-0.15, -0.1) is 0 Å². The largest absolute Gasteiger partial charge is 0.507 e. The van der Waals surface area contributed by atoms with Crippen molar-refractivity contribution in [2.75, 3.05) is 0 Å². The fourth-order valence-corrected chi connectivity index (χ4v) is 5.52. The highest BCUT2D eigenvalue weighted by Crippen LogP contribution is 2.36. The second-order valence-corrected chi connectivity index (χ2v) is 11.4. The number of phenolic OH excluding ortho intramolecular Hbond substituents is 1. The third kappa shape index (κ3) is 4.48. The molecule has 1 fully saturated rings. The van der Waals surface area contributed by atoms with Crippen LogP contribution in [0.3, 0.4) is 0 Å². The molecular formula is C28H34N6O4. The summed E-state index contributed by atoms with van der Waals surface area (Å²) in [7, 11) is 1.83. The van der Waals surface area contributed by atoms with Gasteiger partial charge in [-0.2, -0.15) is 5.10 Å². The van der Waals surface area contributed by atoms with Crippen LogP contribution in [0.25, 0.3) is 33.2 Å². The van der Waals surface area contributed by atoms with Gasteiger partial charge in [-0.05, 0) is 66.5 Å². The van der Waals surface area contributed by atoms with Crippen LogP contribution in [0.5, 0.6) is 5.75 Å². The molecule has 1 aliphatic rings. The standard InChI is InChI=1S/C28H34N6O4/c1-15-10-19(11-16(2)34(15)27(37)38-28(4,5)6)33-9-8-22-21(26(33)36)13-29-25(30-22)20-12-18-14-32(7)31-23(18)17(3)24(20)35/h8-9,12-16,19,35H,10-11H2,1-7H3/t15-,16+,19?. The Hall–Kier alpha value is -3.95. The number of carbonyl (C=O) groups is 1. The maximum Gasteiger partial charge on any atom is 0.410 e. The van der Waals surface area contributed by atoms with Crippen molar-refractivity contribution < 1.29 is 14.6 Å². The molecule has 3 aromatic heterocycles. The highest BCUT2D eigenvalue weighted by atomic mass is 16.6. The zero-order valence-corrected chi connectivity index (χ0v) is 22.9. The second-order valence-electron chi connectivity index (χ2n) is 11.4. The van der Waals surface area contributed by atoms with Crippen molar-refractivity contribution in [2.24, 2.45) is 7.05 Å². The lowest BCUT2D eigenvalue weighted by Gasteiger charge is -2.43. The Morgan fingerprint density at radius 2 is 1.87 bits per heavy atom. The minimum absolute atomic E-state index is 0.0728. The molecule has 1 saturated heterocycles. The number of fused-ring (bicyclic) bond motifs is 2. The lowest BCUT2D eigenvalue weighted by Crippen LogP contribution is -2.52. The molecule has 10 nitrogen and oxygen atoms in total. The minimum atomic E-state index is -0.569. The lowest BCUT2D eigenvalue weighted by molar-refractivity contribution is -0.00633. The first-order valence-electron chi connectivity index (χ1n) is 12.9. The van der Waals surface area contributed by atoms with Crippen molar-refractivity contribution in [1.82, 2.24) is 29.2 Å². The molecule has 4 heterocycles. The van der Waals surface area contributed by atoms with E-state index in [1.807, 2.05) is 66.9 Å². The van der Waals surface area contributed by atoms with Crippen molar-refractivity contribution in [2.45, 2.75) is 78.1 Å². The van der Waals surface area contributed by atoms with Crippen molar-refractivity contribution in [1.29, 1.82) is 0 Å². The average Bonchev–Trinajstić information content (AvgIpc) is 3.20. The number of ether oxygens (including phenoxy) is 1. The molecule has 0 aliphatic carbocycles. The number of piperidine rings is 1. The molecule has 0 radical (unpaired) electrons. The quantitative estimate of drug-likeness (QED) is 0.409. The molecule has 0 bridgehead atoms. The number of aryl methyl sites for hydroxylation is 2. The number of phenols is 1. The molecule has 200 valence electrons. The average molecular weight is 519 g/mol. The maximum atomic E-state index is 13.5. The molecule has 3 atom stereocenters.